The van der Waals surface area contributed by atoms with Crippen molar-refractivity contribution in [1.29, 1.82) is 0 Å². The molecule has 1 aromatic carbocycles. The fraction of sp³-hybridized carbons (Fsp3) is 0. The van der Waals surface area contributed by atoms with Crippen molar-refractivity contribution in [3.63, 3.8) is 0 Å². The van der Waals surface area contributed by atoms with Crippen LogP contribution in [0.2, 0.25) is 0 Å². The van der Waals surface area contributed by atoms with Crippen LogP contribution in [0.5, 0.6) is 5.75 Å². The minimum absolute atomic E-state index is 0.868. The number of hydrogen-bond acceptors (Lipinski definition) is 3. The van der Waals surface area contributed by atoms with E-state index in [9.17, 15) is 0 Å². The molecule has 0 saturated carbocycles. The van der Waals surface area contributed by atoms with E-state index in [0.717, 1.165) is 5.75 Å². The molecule has 0 spiro atoms. The number of rotatable bonds is 0. The monoisotopic (exact) mass is 155 g/mol. The molecule has 0 unspecified atom stereocenters. The summed E-state index contributed by atoms with van der Waals surface area (Å²) in [6, 6.07) is 8.82. The maximum atomic E-state index is 5.12. The zero-order valence-corrected chi connectivity index (χ0v) is 6.09. The molecule has 45 valence electrons. The van der Waals surface area contributed by atoms with Gasteiger partial charge in [-0.15, -0.1) is 0 Å². The number of para-hydroxylation sites is 1. The van der Waals surface area contributed by atoms with Crippen LogP contribution < -0.4 is 4.18 Å². The molecule has 1 aromatic rings. The van der Waals surface area contributed by atoms with Crippen LogP contribution in [0.15, 0.2) is 23.1 Å². The molecule has 0 saturated heterocycles. The van der Waals surface area contributed by atoms with Crippen molar-refractivity contribution < 1.29 is 4.18 Å². The van der Waals surface area contributed by atoms with Crippen LogP contribution >= 0.6 is 21.9 Å². The summed E-state index contributed by atoms with van der Waals surface area (Å²) in [4.78, 5) is 1.17. The van der Waals surface area contributed by atoms with E-state index < -0.39 is 0 Å². The molecule has 3 heteroatoms. The summed E-state index contributed by atoms with van der Waals surface area (Å²) in [5, 5.41) is 0. The lowest BCUT2D eigenvalue weighted by Crippen LogP contribution is -1.70. The number of benzene rings is 1. The summed E-state index contributed by atoms with van der Waals surface area (Å²) in [5.41, 5.74) is 0. The summed E-state index contributed by atoms with van der Waals surface area (Å²) >= 11 is 1.39. The summed E-state index contributed by atoms with van der Waals surface area (Å²) in [5.74, 6) is 0.868. The van der Waals surface area contributed by atoms with Gasteiger partial charge in [0.2, 0.25) is 0 Å². The van der Waals surface area contributed by atoms with Crippen LogP contribution in [-0.2, 0) is 0 Å². The summed E-state index contributed by atoms with van der Waals surface area (Å²) < 4.78 is 5.12. The predicted molar refractivity (Wildman–Crippen MR) is 39.4 cm³/mol. The molecule has 0 aliphatic carbocycles. The third kappa shape index (κ3) is 0.904. The van der Waals surface area contributed by atoms with Crippen LogP contribution in [0, 0.1) is 6.07 Å². The first-order valence-corrected chi connectivity index (χ1v) is 4.56. The van der Waals surface area contributed by atoms with Crippen LogP contribution in [0.4, 0.5) is 0 Å². The van der Waals surface area contributed by atoms with Gasteiger partial charge in [0.15, 0.2) is 5.75 Å². The summed E-state index contributed by atoms with van der Waals surface area (Å²) in [6.07, 6.45) is 0. The standard InChI is InChI=1S/C6H3OS2/c1-2-4-6-5(3-1)7-9-8-6/h1-2,4H. The second kappa shape index (κ2) is 2.15. The topological polar surface area (TPSA) is 9.23 Å². The van der Waals surface area contributed by atoms with E-state index >= 15 is 0 Å². The Hall–Kier alpha value is -0.280. The molecule has 0 fully saturated rings. The molecule has 1 radical (unpaired) electrons. The minimum atomic E-state index is 0.868. The van der Waals surface area contributed by atoms with Crippen LogP contribution in [0.1, 0.15) is 0 Å². The highest BCUT2D eigenvalue weighted by Gasteiger charge is 2.12. The lowest BCUT2D eigenvalue weighted by atomic mass is 10.3. The molecule has 1 aliphatic heterocycles. The summed E-state index contributed by atoms with van der Waals surface area (Å²) in [6.45, 7) is 0. The smallest absolute Gasteiger partial charge is 0.161 e. The van der Waals surface area contributed by atoms with Crippen molar-refractivity contribution in [3.05, 3.63) is 24.3 Å². The van der Waals surface area contributed by atoms with Gasteiger partial charge in [0.1, 0.15) is 11.1 Å². The Balaban J connectivity index is 2.54. The van der Waals surface area contributed by atoms with Crippen molar-refractivity contribution in [1.82, 2.24) is 0 Å². The second-order valence-corrected chi connectivity index (χ2v) is 3.42. The van der Waals surface area contributed by atoms with Gasteiger partial charge in [-0.25, -0.2) is 0 Å². The van der Waals surface area contributed by atoms with Crippen molar-refractivity contribution in [3.8, 4) is 5.75 Å². The zero-order chi connectivity index (χ0) is 6.10. The van der Waals surface area contributed by atoms with E-state index in [2.05, 4.69) is 6.07 Å². The molecular weight excluding hydrogens is 152 g/mol. The Morgan fingerprint density at radius 2 is 2.56 bits per heavy atom. The Labute approximate surface area is 61.4 Å². The van der Waals surface area contributed by atoms with Crippen molar-refractivity contribution in [2.24, 2.45) is 0 Å². The molecule has 0 aromatic heterocycles. The van der Waals surface area contributed by atoms with Crippen molar-refractivity contribution in [2.75, 3.05) is 0 Å². The molecule has 2 rings (SSSR count). The van der Waals surface area contributed by atoms with Crippen LogP contribution in [-0.4, -0.2) is 0 Å². The third-order valence-corrected chi connectivity index (χ3v) is 2.77. The van der Waals surface area contributed by atoms with Gasteiger partial charge in [0.25, 0.3) is 0 Å². The van der Waals surface area contributed by atoms with E-state index in [0.29, 0.717) is 0 Å². The van der Waals surface area contributed by atoms with Crippen LogP contribution in [0.3, 0.4) is 0 Å². The van der Waals surface area contributed by atoms with Gasteiger partial charge in [-0.2, -0.15) is 0 Å². The molecule has 0 amide bonds. The average Bonchev–Trinajstić information content (AvgIpc) is 2.33. The Bertz CT molecular complexity index is 201. The highest BCUT2D eigenvalue weighted by Crippen LogP contribution is 2.45. The third-order valence-electron chi connectivity index (χ3n) is 1.02. The van der Waals surface area contributed by atoms with Gasteiger partial charge in [-0.05, 0) is 16.9 Å². The zero-order valence-electron chi connectivity index (χ0n) is 4.46. The van der Waals surface area contributed by atoms with Gasteiger partial charge in [0.05, 0.1) is 4.90 Å². The van der Waals surface area contributed by atoms with E-state index in [1.165, 1.54) is 16.0 Å². The number of hydrogen-bond donors (Lipinski definition) is 0. The Morgan fingerprint density at radius 3 is 3.44 bits per heavy atom. The highest BCUT2D eigenvalue weighted by atomic mass is 33.1. The van der Waals surface area contributed by atoms with E-state index in [1.54, 1.807) is 10.8 Å². The first-order chi connectivity index (χ1) is 4.47. The van der Waals surface area contributed by atoms with E-state index in [4.69, 9.17) is 4.18 Å². The summed E-state index contributed by atoms with van der Waals surface area (Å²) in [7, 11) is 1.63. The predicted octanol–water partition coefficient (Wildman–Crippen LogP) is 2.53. The number of fused-ring (bicyclic) bond motifs is 1. The lowest BCUT2D eigenvalue weighted by molar-refractivity contribution is 0.644. The maximum absolute atomic E-state index is 5.12. The normalized spacial score (nSPS) is 14.7. The largest absolute Gasteiger partial charge is 0.412 e. The van der Waals surface area contributed by atoms with Gasteiger partial charge < -0.3 is 4.18 Å². The fourth-order valence-corrected chi connectivity index (χ4v) is 2.22. The molecule has 0 N–H and O–H groups in total. The van der Waals surface area contributed by atoms with Gasteiger partial charge >= 0.3 is 0 Å². The molecule has 1 nitrogen and oxygen atoms in total. The maximum Gasteiger partial charge on any atom is 0.161 e. The highest BCUT2D eigenvalue weighted by molar-refractivity contribution is 8.75. The molecule has 9 heavy (non-hydrogen) atoms. The second-order valence-electron chi connectivity index (χ2n) is 1.60. The Morgan fingerprint density at radius 1 is 1.56 bits per heavy atom. The van der Waals surface area contributed by atoms with E-state index in [-0.39, 0.29) is 0 Å². The average molecular weight is 155 g/mol. The molecule has 1 aliphatic rings. The van der Waals surface area contributed by atoms with Crippen molar-refractivity contribution in [2.45, 2.75) is 4.90 Å². The first-order valence-electron chi connectivity index (χ1n) is 2.49. The van der Waals surface area contributed by atoms with Gasteiger partial charge in [-0.3, -0.25) is 0 Å². The molecule has 0 atom stereocenters. The quantitative estimate of drug-likeness (QED) is 0.421. The molecule has 0 bridgehead atoms. The lowest BCUT2D eigenvalue weighted by Gasteiger charge is -1.88. The fourth-order valence-electron chi connectivity index (χ4n) is 0.625. The van der Waals surface area contributed by atoms with Crippen molar-refractivity contribution >= 4 is 21.9 Å². The SMILES string of the molecule is [c]1cccc2c1OSS2. The van der Waals surface area contributed by atoms with Gasteiger partial charge in [-0.1, -0.05) is 12.1 Å². The minimum Gasteiger partial charge on any atom is -0.412 e. The molecular formula is C6H3OS2. The molecule has 1 heterocycles. The van der Waals surface area contributed by atoms with E-state index in [1.807, 2.05) is 18.2 Å². The van der Waals surface area contributed by atoms with Crippen LogP contribution in [0.25, 0.3) is 0 Å². The first kappa shape index (κ1) is 5.50. The Kier molecular flexibility index (Phi) is 1.32. The van der Waals surface area contributed by atoms with Gasteiger partial charge in [0, 0.05) is 6.07 Å².